The number of carbonyl (C=O) groups is 1. The minimum Gasteiger partial charge on any atom is -0.445 e. The second-order valence-electron chi connectivity index (χ2n) is 7.85. The summed E-state index contributed by atoms with van der Waals surface area (Å²) in [4.78, 5) is 21.1. The van der Waals surface area contributed by atoms with Crippen LogP contribution in [0.4, 0.5) is 0 Å². The molecule has 2 saturated heterocycles. The molecule has 1 aromatic heterocycles. The van der Waals surface area contributed by atoms with Gasteiger partial charge in [-0.1, -0.05) is 0 Å². The van der Waals surface area contributed by atoms with E-state index in [1.54, 1.807) is 4.90 Å². The summed E-state index contributed by atoms with van der Waals surface area (Å²) in [6.45, 7) is 2.81. The van der Waals surface area contributed by atoms with E-state index < -0.39 is 9.84 Å². The van der Waals surface area contributed by atoms with Gasteiger partial charge in [0.2, 0.25) is 5.91 Å². The van der Waals surface area contributed by atoms with Crippen molar-refractivity contribution >= 4 is 15.7 Å². The molecule has 0 saturated carbocycles. The molecule has 0 aliphatic carbocycles. The smallest absolute Gasteiger partial charge is 0.237 e. The Morgan fingerprint density at radius 2 is 2.07 bits per heavy atom. The van der Waals surface area contributed by atoms with Gasteiger partial charge in [-0.3, -0.25) is 9.69 Å². The van der Waals surface area contributed by atoms with Crippen LogP contribution in [0.2, 0.25) is 0 Å². The van der Waals surface area contributed by atoms with Crippen LogP contribution in [0.5, 0.6) is 0 Å². The Morgan fingerprint density at radius 1 is 1.30 bits per heavy atom. The Balaban J connectivity index is 1.36. The van der Waals surface area contributed by atoms with Gasteiger partial charge in [0, 0.05) is 38.1 Å². The number of hydrogen-bond donors (Lipinski definition) is 0. The maximum atomic E-state index is 12.7. The molecule has 1 aromatic rings. The topological polar surface area (TPSA) is 92.9 Å². The minimum absolute atomic E-state index is 0.0167. The third-order valence-electron chi connectivity index (χ3n) is 5.88. The molecule has 27 heavy (non-hydrogen) atoms. The second kappa shape index (κ2) is 7.52. The maximum Gasteiger partial charge on any atom is 0.237 e. The standard InChI is InChI=1S/C18H27N3O5S/c1-20(14-5-9-27(23,24)12-14)11-17(22)21-6-2-16-15(10-21)19-18(26-16)13-3-7-25-8-4-13/h13-14H,2-12H2,1H3. The molecule has 1 unspecified atom stereocenters. The molecule has 0 N–H and O–H groups in total. The maximum absolute atomic E-state index is 12.7. The molecular weight excluding hydrogens is 370 g/mol. The summed E-state index contributed by atoms with van der Waals surface area (Å²) in [6, 6.07) is -0.0634. The van der Waals surface area contributed by atoms with Crippen LogP contribution in [-0.2, 0) is 32.3 Å². The molecule has 0 spiro atoms. The molecule has 150 valence electrons. The largest absolute Gasteiger partial charge is 0.445 e. The Morgan fingerprint density at radius 3 is 2.78 bits per heavy atom. The quantitative estimate of drug-likeness (QED) is 0.733. The monoisotopic (exact) mass is 397 g/mol. The van der Waals surface area contributed by atoms with Gasteiger partial charge in [0.25, 0.3) is 0 Å². The van der Waals surface area contributed by atoms with Crippen molar-refractivity contribution in [3.8, 4) is 0 Å². The lowest BCUT2D eigenvalue weighted by Gasteiger charge is -2.29. The molecular formula is C18H27N3O5S. The predicted molar refractivity (Wildman–Crippen MR) is 98.1 cm³/mol. The molecule has 9 heteroatoms. The van der Waals surface area contributed by atoms with Gasteiger partial charge < -0.3 is 14.1 Å². The van der Waals surface area contributed by atoms with E-state index in [2.05, 4.69) is 4.98 Å². The summed E-state index contributed by atoms with van der Waals surface area (Å²) < 4.78 is 34.7. The highest BCUT2D eigenvalue weighted by molar-refractivity contribution is 7.91. The number of oxazole rings is 1. The Labute approximate surface area is 159 Å². The fraction of sp³-hybridized carbons (Fsp3) is 0.778. The molecule has 3 aliphatic heterocycles. The number of rotatable bonds is 4. The number of aromatic nitrogens is 1. The number of likely N-dealkylation sites (N-methyl/N-ethyl adjacent to an activating group) is 1. The Kier molecular flexibility index (Phi) is 5.26. The normalized spacial score (nSPS) is 25.7. The van der Waals surface area contributed by atoms with E-state index in [9.17, 15) is 13.2 Å². The van der Waals surface area contributed by atoms with Crippen LogP contribution in [0.25, 0.3) is 0 Å². The van der Waals surface area contributed by atoms with Crippen LogP contribution < -0.4 is 0 Å². The van der Waals surface area contributed by atoms with E-state index in [0.29, 0.717) is 31.8 Å². The molecule has 1 atom stereocenters. The van der Waals surface area contributed by atoms with Crippen molar-refractivity contribution in [3.05, 3.63) is 17.3 Å². The molecule has 8 nitrogen and oxygen atoms in total. The van der Waals surface area contributed by atoms with Crippen LogP contribution in [0, 0.1) is 0 Å². The number of amides is 1. The number of sulfone groups is 1. The summed E-state index contributed by atoms with van der Waals surface area (Å²) in [5, 5.41) is 0. The zero-order valence-electron chi connectivity index (χ0n) is 15.7. The Bertz CT molecular complexity index is 800. The van der Waals surface area contributed by atoms with Crippen LogP contribution in [0.15, 0.2) is 4.42 Å². The first-order valence-electron chi connectivity index (χ1n) is 9.66. The van der Waals surface area contributed by atoms with Crippen molar-refractivity contribution < 1.29 is 22.4 Å². The van der Waals surface area contributed by atoms with Crippen molar-refractivity contribution in [3.63, 3.8) is 0 Å². The lowest BCUT2D eigenvalue weighted by molar-refractivity contribution is -0.133. The predicted octanol–water partition coefficient (Wildman–Crippen LogP) is 0.572. The third kappa shape index (κ3) is 4.20. The van der Waals surface area contributed by atoms with Crippen LogP contribution in [0.3, 0.4) is 0 Å². The molecule has 4 heterocycles. The summed E-state index contributed by atoms with van der Waals surface area (Å²) in [5.74, 6) is 2.38. The van der Waals surface area contributed by atoms with E-state index in [0.717, 1.165) is 43.4 Å². The van der Waals surface area contributed by atoms with E-state index >= 15 is 0 Å². The van der Waals surface area contributed by atoms with E-state index in [-0.39, 0.29) is 30.0 Å². The lowest BCUT2D eigenvalue weighted by atomic mass is 10.0. The van der Waals surface area contributed by atoms with Gasteiger partial charge in [-0.2, -0.15) is 0 Å². The Hall–Kier alpha value is -1.45. The van der Waals surface area contributed by atoms with Gasteiger partial charge in [-0.25, -0.2) is 13.4 Å². The molecule has 1 amide bonds. The van der Waals surface area contributed by atoms with Crippen LogP contribution in [-0.4, -0.2) is 80.0 Å². The number of fused-ring (bicyclic) bond motifs is 1. The zero-order valence-corrected chi connectivity index (χ0v) is 16.5. The van der Waals surface area contributed by atoms with Gasteiger partial charge in [0.15, 0.2) is 15.7 Å². The third-order valence-corrected chi connectivity index (χ3v) is 7.63. The van der Waals surface area contributed by atoms with Gasteiger partial charge in [0.1, 0.15) is 11.5 Å². The SMILES string of the molecule is CN(CC(=O)N1CCc2oc(C3CCOCC3)nc2C1)C1CCS(=O)(=O)C1. The first-order valence-corrected chi connectivity index (χ1v) is 11.5. The van der Waals surface area contributed by atoms with Gasteiger partial charge in [0.05, 0.1) is 24.6 Å². The summed E-state index contributed by atoms with van der Waals surface area (Å²) >= 11 is 0. The summed E-state index contributed by atoms with van der Waals surface area (Å²) in [7, 11) is -1.12. The molecule has 0 radical (unpaired) electrons. The first-order chi connectivity index (χ1) is 12.9. The van der Waals surface area contributed by atoms with Crippen molar-refractivity contribution in [1.82, 2.24) is 14.8 Å². The fourth-order valence-electron chi connectivity index (χ4n) is 4.12. The summed E-state index contributed by atoms with van der Waals surface area (Å²) in [6.07, 6.45) is 3.14. The molecule has 3 aliphatic rings. The molecule has 2 fully saturated rings. The number of nitrogens with zero attached hydrogens (tertiary/aromatic N) is 3. The molecule has 4 rings (SSSR count). The molecule has 0 aromatic carbocycles. The fourth-order valence-corrected chi connectivity index (χ4v) is 5.92. The van der Waals surface area contributed by atoms with Crippen molar-refractivity contribution in [2.24, 2.45) is 0 Å². The van der Waals surface area contributed by atoms with Crippen molar-refractivity contribution in [2.75, 3.05) is 44.9 Å². The van der Waals surface area contributed by atoms with E-state index in [4.69, 9.17) is 9.15 Å². The highest BCUT2D eigenvalue weighted by atomic mass is 32.2. The van der Waals surface area contributed by atoms with Gasteiger partial charge in [-0.15, -0.1) is 0 Å². The highest BCUT2D eigenvalue weighted by Crippen LogP contribution is 2.30. The second-order valence-corrected chi connectivity index (χ2v) is 10.1. The minimum atomic E-state index is -2.95. The van der Waals surface area contributed by atoms with Gasteiger partial charge in [-0.05, 0) is 26.3 Å². The number of hydrogen-bond acceptors (Lipinski definition) is 7. The van der Waals surface area contributed by atoms with Crippen LogP contribution in [0.1, 0.15) is 42.5 Å². The van der Waals surface area contributed by atoms with Crippen LogP contribution >= 0.6 is 0 Å². The number of ether oxygens (including phenoxy) is 1. The van der Waals surface area contributed by atoms with E-state index in [1.807, 2.05) is 11.9 Å². The summed E-state index contributed by atoms with van der Waals surface area (Å²) in [5.41, 5.74) is 0.863. The first kappa shape index (κ1) is 18.9. The van der Waals surface area contributed by atoms with E-state index in [1.165, 1.54) is 0 Å². The van der Waals surface area contributed by atoms with Gasteiger partial charge >= 0.3 is 0 Å². The van der Waals surface area contributed by atoms with Crippen molar-refractivity contribution in [1.29, 1.82) is 0 Å². The number of carbonyl (C=O) groups excluding carboxylic acids is 1. The molecule has 0 bridgehead atoms. The lowest BCUT2D eigenvalue weighted by Crippen LogP contribution is -2.44. The average Bonchev–Trinajstić information content (AvgIpc) is 3.24. The zero-order chi connectivity index (χ0) is 19.0. The average molecular weight is 397 g/mol. The van der Waals surface area contributed by atoms with Crippen molar-refractivity contribution in [2.45, 2.75) is 44.2 Å². The highest BCUT2D eigenvalue weighted by Gasteiger charge is 2.33.